The minimum Gasteiger partial charge on any atom is -0.352 e. The van der Waals surface area contributed by atoms with Crippen molar-refractivity contribution >= 4 is 8.69 Å². The highest BCUT2D eigenvalue weighted by molar-refractivity contribution is 7.17. The Morgan fingerprint density at radius 3 is 2.80 bits per heavy atom. The molecule has 0 saturated carbocycles. The summed E-state index contributed by atoms with van der Waals surface area (Å²) in [7, 11) is -0.316. The molecule has 1 atom stereocenters. The third-order valence-electron chi connectivity index (χ3n) is 1.04. The van der Waals surface area contributed by atoms with Crippen LogP contribution in [0.4, 0.5) is 0 Å². The van der Waals surface area contributed by atoms with Crippen molar-refractivity contribution < 1.29 is 13.8 Å². The molecule has 0 amide bonds. The molecule has 0 aromatic carbocycles. The number of hydrogen-bond donors (Lipinski definition) is 0. The van der Waals surface area contributed by atoms with Crippen LogP contribution in [0.25, 0.3) is 0 Å². The molecule has 4 heteroatoms. The van der Waals surface area contributed by atoms with Crippen LogP contribution in [0.2, 0.25) is 0 Å². The van der Waals surface area contributed by atoms with Crippen molar-refractivity contribution in [1.29, 1.82) is 0 Å². The molecule has 3 nitrogen and oxygen atoms in total. The Hall–Kier alpha value is 0.0200. The van der Waals surface area contributed by atoms with Crippen molar-refractivity contribution in [3.8, 4) is 0 Å². The summed E-state index contributed by atoms with van der Waals surface area (Å²) >= 11 is 0. The van der Waals surface area contributed by atoms with E-state index in [9.17, 15) is 4.57 Å². The summed E-state index contributed by atoms with van der Waals surface area (Å²) in [4.78, 5) is 0. The summed E-state index contributed by atoms with van der Waals surface area (Å²) in [6.07, 6.45) is 1.76. The quantitative estimate of drug-likeness (QED) is 0.343. The molecule has 0 saturated heterocycles. The molecule has 1 unspecified atom stereocenters. The van der Waals surface area contributed by atoms with E-state index in [0.29, 0.717) is 6.61 Å². The fourth-order valence-corrected chi connectivity index (χ4v) is 0.667. The summed E-state index contributed by atoms with van der Waals surface area (Å²) in [5.74, 6) is 0. The molecule has 0 spiro atoms. The van der Waals surface area contributed by atoms with E-state index in [4.69, 9.17) is 4.74 Å². The normalized spacial score (nSPS) is 13.8. The third kappa shape index (κ3) is 6.14. The second-order valence-electron chi connectivity index (χ2n) is 1.97. The van der Waals surface area contributed by atoms with Crippen molar-refractivity contribution in [2.24, 2.45) is 0 Å². The molecule has 0 aromatic rings. The summed E-state index contributed by atoms with van der Waals surface area (Å²) < 4.78 is 19.5. The van der Waals surface area contributed by atoms with Gasteiger partial charge in [0.2, 0.25) is 0 Å². The van der Waals surface area contributed by atoms with E-state index in [1.54, 1.807) is 6.92 Å². The zero-order chi connectivity index (χ0) is 7.82. The molecule has 0 heterocycles. The topological polar surface area (TPSA) is 35.5 Å². The van der Waals surface area contributed by atoms with Gasteiger partial charge in [-0.2, -0.15) is 0 Å². The Morgan fingerprint density at radius 2 is 2.30 bits per heavy atom. The summed E-state index contributed by atoms with van der Waals surface area (Å²) in [6.45, 7) is 4.48. The van der Waals surface area contributed by atoms with Crippen molar-refractivity contribution in [3.05, 3.63) is 0 Å². The second-order valence-corrected chi connectivity index (χ2v) is 2.33. The number of rotatable bonds is 6. The lowest BCUT2D eigenvalue weighted by Crippen LogP contribution is -2.08. The molecule has 0 rings (SSSR count). The molecule has 0 aromatic heterocycles. The summed E-state index contributed by atoms with van der Waals surface area (Å²) in [5, 5.41) is 0. The first-order valence-corrected chi connectivity index (χ1v) is 4.14. The SMILES string of the molecule is CCCCOC(C)OP=O. The van der Waals surface area contributed by atoms with Crippen molar-refractivity contribution in [3.63, 3.8) is 0 Å². The maximum absolute atomic E-state index is 9.84. The molecular weight excluding hydrogens is 151 g/mol. The summed E-state index contributed by atoms with van der Waals surface area (Å²) in [5.41, 5.74) is 0. The van der Waals surface area contributed by atoms with Gasteiger partial charge in [0.25, 0.3) is 0 Å². The highest BCUT2D eigenvalue weighted by atomic mass is 31.1. The Kier molecular flexibility index (Phi) is 7.15. The zero-order valence-corrected chi connectivity index (χ0v) is 7.27. The summed E-state index contributed by atoms with van der Waals surface area (Å²) in [6, 6.07) is 0. The molecule has 0 aliphatic carbocycles. The molecule has 60 valence electrons. The van der Waals surface area contributed by atoms with Gasteiger partial charge in [-0.15, -0.1) is 0 Å². The molecule has 0 N–H and O–H groups in total. The first-order chi connectivity index (χ1) is 4.81. The molecule has 0 aliphatic heterocycles. The van der Waals surface area contributed by atoms with E-state index in [-0.39, 0.29) is 15.0 Å². The Labute approximate surface area is 63.0 Å². The third-order valence-corrected chi connectivity index (χ3v) is 1.42. The highest BCUT2D eigenvalue weighted by Gasteiger charge is 1.99. The van der Waals surface area contributed by atoms with Crippen molar-refractivity contribution in [2.75, 3.05) is 6.61 Å². The van der Waals surface area contributed by atoms with Gasteiger partial charge in [-0.25, -0.2) is 4.57 Å². The average Bonchev–Trinajstić information content (AvgIpc) is 1.89. The second kappa shape index (κ2) is 7.13. The lowest BCUT2D eigenvalue weighted by Gasteiger charge is -2.07. The van der Waals surface area contributed by atoms with E-state index in [2.05, 4.69) is 11.4 Å². The minimum absolute atomic E-state index is 0.316. The lowest BCUT2D eigenvalue weighted by molar-refractivity contribution is -0.0604. The molecule has 10 heavy (non-hydrogen) atoms. The van der Waals surface area contributed by atoms with Gasteiger partial charge in [-0.05, 0) is 13.3 Å². The van der Waals surface area contributed by atoms with Crippen LogP contribution < -0.4 is 0 Å². The molecule has 0 fully saturated rings. The Morgan fingerprint density at radius 1 is 1.60 bits per heavy atom. The van der Waals surface area contributed by atoms with E-state index < -0.39 is 0 Å². The van der Waals surface area contributed by atoms with Crippen molar-refractivity contribution in [2.45, 2.75) is 33.0 Å². The highest BCUT2D eigenvalue weighted by Crippen LogP contribution is 2.04. The smallest absolute Gasteiger partial charge is 0.329 e. The van der Waals surface area contributed by atoms with Gasteiger partial charge < -0.3 is 4.74 Å². The van der Waals surface area contributed by atoms with Crippen LogP contribution >= 0.6 is 8.69 Å². The molecule has 0 aliphatic rings. The van der Waals surface area contributed by atoms with Crippen molar-refractivity contribution in [1.82, 2.24) is 0 Å². The van der Waals surface area contributed by atoms with Gasteiger partial charge in [0, 0.05) is 6.61 Å². The van der Waals surface area contributed by atoms with Crippen LogP contribution in [-0.2, 0) is 13.8 Å². The maximum atomic E-state index is 9.84. The standard InChI is InChI=1S/C6H13O3P/c1-3-4-5-8-6(2)9-10-7/h6H,3-5H2,1-2H3. The van der Waals surface area contributed by atoms with Crippen LogP contribution in [0, 0.1) is 0 Å². The first kappa shape index (κ1) is 10.0. The van der Waals surface area contributed by atoms with Gasteiger partial charge in [0.1, 0.15) is 0 Å². The van der Waals surface area contributed by atoms with E-state index in [1.165, 1.54) is 0 Å². The molecular formula is C6H13O3P. The van der Waals surface area contributed by atoms with Gasteiger partial charge in [-0.3, -0.25) is 4.52 Å². The lowest BCUT2D eigenvalue weighted by atomic mass is 10.4. The Bertz CT molecular complexity index is 87.1. The van der Waals surface area contributed by atoms with E-state index in [0.717, 1.165) is 12.8 Å². The number of unbranched alkanes of at least 4 members (excludes halogenated alkanes) is 1. The van der Waals surface area contributed by atoms with Gasteiger partial charge in [0.05, 0.1) is 0 Å². The fraction of sp³-hybridized carbons (Fsp3) is 1.00. The van der Waals surface area contributed by atoms with E-state index in [1.807, 2.05) is 0 Å². The first-order valence-electron chi connectivity index (χ1n) is 3.41. The van der Waals surface area contributed by atoms with Crippen LogP contribution in [0.3, 0.4) is 0 Å². The van der Waals surface area contributed by atoms with Gasteiger partial charge in [0.15, 0.2) is 6.29 Å². The predicted octanol–water partition coefficient (Wildman–Crippen LogP) is 2.37. The molecule has 0 radical (unpaired) electrons. The minimum atomic E-state index is -0.356. The predicted molar refractivity (Wildman–Crippen MR) is 39.0 cm³/mol. The van der Waals surface area contributed by atoms with Crippen LogP contribution in [0.5, 0.6) is 0 Å². The van der Waals surface area contributed by atoms with E-state index >= 15 is 0 Å². The maximum Gasteiger partial charge on any atom is 0.329 e. The van der Waals surface area contributed by atoms with Crippen LogP contribution in [-0.4, -0.2) is 12.9 Å². The average molecular weight is 164 g/mol. The van der Waals surface area contributed by atoms with Crippen LogP contribution in [0.1, 0.15) is 26.7 Å². The van der Waals surface area contributed by atoms with Gasteiger partial charge in [-0.1, -0.05) is 13.3 Å². The number of hydrogen-bond acceptors (Lipinski definition) is 3. The van der Waals surface area contributed by atoms with Crippen LogP contribution in [0.15, 0.2) is 0 Å². The Balaban J connectivity index is 3.04. The van der Waals surface area contributed by atoms with Gasteiger partial charge >= 0.3 is 8.69 Å². The monoisotopic (exact) mass is 164 g/mol. The fourth-order valence-electron chi connectivity index (χ4n) is 0.485. The molecule has 0 bridgehead atoms. The zero-order valence-electron chi connectivity index (χ0n) is 6.37. The number of ether oxygens (including phenoxy) is 1. The largest absolute Gasteiger partial charge is 0.352 e.